The van der Waals surface area contributed by atoms with Crippen LogP contribution in [0.2, 0.25) is 0 Å². The molecule has 0 atom stereocenters. The zero-order valence-corrected chi connectivity index (χ0v) is 8.76. The molecule has 0 unspecified atom stereocenters. The molecule has 12 heavy (non-hydrogen) atoms. The van der Waals surface area contributed by atoms with E-state index in [0.717, 1.165) is 10.2 Å². The van der Waals surface area contributed by atoms with E-state index in [2.05, 4.69) is 15.9 Å². The third-order valence-electron chi connectivity index (χ3n) is 1.48. The Labute approximate surface area is 84.3 Å². The average molecular weight is 249 g/mol. The van der Waals surface area contributed by atoms with Gasteiger partial charge in [-0.25, -0.2) is 0 Å². The van der Waals surface area contributed by atoms with Crippen LogP contribution in [0, 0.1) is 0 Å². The first kappa shape index (κ1) is 9.55. The van der Waals surface area contributed by atoms with E-state index in [4.69, 9.17) is 11.6 Å². The Balaban J connectivity index is 3.02. The summed E-state index contributed by atoms with van der Waals surface area (Å²) in [5, 5.41) is -0.498. The average Bonchev–Trinajstić information content (AvgIpc) is 2.04. The van der Waals surface area contributed by atoms with Gasteiger partial charge in [-0.15, -0.1) is 0 Å². The largest absolute Gasteiger partial charge is 0.320 e. The predicted octanol–water partition coefficient (Wildman–Crippen LogP) is 3.24. The van der Waals surface area contributed by atoms with Crippen LogP contribution in [-0.4, -0.2) is 12.4 Å². The van der Waals surface area contributed by atoms with Crippen molar-refractivity contribution in [2.24, 2.45) is 0 Å². The number of carbonyl (C=O) groups excluding carboxylic acids is 1. The minimum Gasteiger partial charge on any atom is -0.301 e. The predicted molar refractivity (Wildman–Crippen MR) is 53.8 cm³/mol. The highest BCUT2D eigenvalue weighted by atomic mass is 79.9. The Morgan fingerprint density at radius 2 is 2.08 bits per heavy atom. The first-order valence-electron chi connectivity index (χ1n) is 3.30. The topological polar surface area (TPSA) is 20.3 Å². The summed E-state index contributed by atoms with van der Waals surface area (Å²) in [4.78, 5) is 12.1. The summed E-state index contributed by atoms with van der Waals surface area (Å²) in [6.45, 7) is 0. The zero-order valence-electron chi connectivity index (χ0n) is 6.42. The van der Waals surface area contributed by atoms with E-state index in [1.807, 2.05) is 24.3 Å². The monoisotopic (exact) mass is 247 g/mol. The summed E-state index contributed by atoms with van der Waals surface area (Å²) in [5.74, 6) is 0. The van der Waals surface area contributed by atoms with Crippen LogP contribution in [0.25, 0.3) is 0 Å². The molecule has 64 valence electrons. The highest BCUT2D eigenvalue weighted by Gasteiger charge is 2.09. The summed E-state index contributed by atoms with van der Waals surface area (Å²) in [6.07, 6.45) is 0. The lowest BCUT2D eigenvalue weighted by molar-refractivity contribution is 0.265. The van der Waals surface area contributed by atoms with Crippen molar-refractivity contribution >= 4 is 38.6 Å². The van der Waals surface area contributed by atoms with Crippen LogP contribution in [-0.2, 0) is 0 Å². The molecule has 0 N–H and O–H groups in total. The van der Waals surface area contributed by atoms with Gasteiger partial charge < -0.3 is 4.90 Å². The van der Waals surface area contributed by atoms with Gasteiger partial charge in [-0.3, -0.25) is 4.79 Å². The summed E-state index contributed by atoms with van der Waals surface area (Å²) >= 11 is 8.61. The number of nitrogens with zero attached hydrogens (tertiary/aromatic N) is 1. The van der Waals surface area contributed by atoms with Crippen LogP contribution in [0.3, 0.4) is 0 Å². The van der Waals surface area contributed by atoms with E-state index < -0.39 is 5.37 Å². The Hall–Kier alpha value is -0.540. The number of hydrogen-bond acceptors (Lipinski definition) is 1. The molecule has 0 aliphatic rings. The number of anilines is 1. The van der Waals surface area contributed by atoms with Crippen molar-refractivity contribution < 1.29 is 4.79 Å². The third-order valence-corrected chi connectivity index (χ3v) is 2.40. The zero-order chi connectivity index (χ0) is 9.14. The van der Waals surface area contributed by atoms with Gasteiger partial charge in [0.1, 0.15) is 0 Å². The van der Waals surface area contributed by atoms with Crippen molar-refractivity contribution in [3.63, 3.8) is 0 Å². The van der Waals surface area contributed by atoms with E-state index in [1.165, 1.54) is 4.90 Å². The molecule has 1 amide bonds. The van der Waals surface area contributed by atoms with Gasteiger partial charge in [-0.2, -0.15) is 0 Å². The van der Waals surface area contributed by atoms with Crippen molar-refractivity contribution in [3.8, 4) is 0 Å². The molecule has 1 aromatic rings. The standard InChI is InChI=1S/C8H7BrClNO/c1-11(8(10)12)7-5-3-2-4-6(7)9/h2-5H,1H3. The first-order chi connectivity index (χ1) is 5.63. The van der Waals surface area contributed by atoms with Crippen LogP contribution in [0.15, 0.2) is 28.7 Å². The van der Waals surface area contributed by atoms with Crippen molar-refractivity contribution in [1.29, 1.82) is 0 Å². The van der Waals surface area contributed by atoms with Crippen LogP contribution in [0.1, 0.15) is 0 Å². The quantitative estimate of drug-likeness (QED) is 0.552. The van der Waals surface area contributed by atoms with Gasteiger partial charge in [-0.05, 0) is 39.7 Å². The molecule has 0 aromatic heterocycles. The van der Waals surface area contributed by atoms with Crippen LogP contribution in [0.4, 0.5) is 10.5 Å². The Morgan fingerprint density at radius 1 is 1.50 bits per heavy atom. The number of benzene rings is 1. The summed E-state index contributed by atoms with van der Waals surface area (Å²) in [5.41, 5.74) is 0.762. The van der Waals surface area contributed by atoms with Crippen molar-refractivity contribution in [3.05, 3.63) is 28.7 Å². The van der Waals surface area contributed by atoms with Crippen LogP contribution in [0.5, 0.6) is 0 Å². The molecule has 0 saturated heterocycles. The molecular formula is C8H7BrClNO. The SMILES string of the molecule is CN(C(=O)Cl)c1ccccc1Br. The van der Waals surface area contributed by atoms with Crippen molar-refractivity contribution in [2.75, 3.05) is 11.9 Å². The van der Waals surface area contributed by atoms with E-state index in [1.54, 1.807) is 7.05 Å². The molecule has 4 heteroatoms. The van der Waals surface area contributed by atoms with E-state index in [9.17, 15) is 4.79 Å². The number of rotatable bonds is 1. The summed E-state index contributed by atoms with van der Waals surface area (Å²) in [7, 11) is 1.62. The molecular weight excluding hydrogens is 241 g/mol. The Bertz CT molecular complexity index is 303. The van der Waals surface area contributed by atoms with E-state index in [-0.39, 0.29) is 0 Å². The molecule has 0 heterocycles. The molecule has 0 fully saturated rings. The molecule has 0 aliphatic carbocycles. The maximum Gasteiger partial charge on any atom is 0.320 e. The van der Waals surface area contributed by atoms with E-state index in [0.29, 0.717) is 0 Å². The molecule has 0 saturated carbocycles. The number of amides is 1. The number of hydrogen-bond donors (Lipinski definition) is 0. The smallest absolute Gasteiger partial charge is 0.301 e. The van der Waals surface area contributed by atoms with Crippen molar-refractivity contribution in [1.82, 2.24) is 0 Å². The van der Waals surface area contributed by atoms with Gasteiger partial charge in [-0.1, -0.05) is 12.1 Å². The highest BCUT2D eigenvalue weighted by Crippen LogP contribution is 2.25. The van der Waals surface area contributed by atoms with Gasteiger partial charge in [0.25, 0.3) is 0 Å². The number of halogens is 2. The summed E-state index contributed by atoms with van der Waals surface area (Å²) in [6, 6.07) is 7.38. The minimum atomic E-state index is -0.498. The van der Waals surface area contributed by atoms with Gasteiger partial charge in [0.2, 0.25) is 0 Å². The fraction of sp³-hybridized carbons (Fsp3) is 0.125. The fourth-order valence-corrected chi connectivity index (χ4v) is 1.46. The molecule has 0 radical (unpaired) electrons. The Morgan fingerprint density at radius 3 is 2.58 bits per heavy atom. The lowest BCUT2D eigenvalue weighted by Crippen LogP contribution is -2.19. The van der Waals surface area contributed by atoms with Crippen molar-refractivity contribution in [2.45, 2.75) is 0 Å². The summed E-state index contributed by atoms with van der Waals surface area (Å²) < 4.78 is 0.849. The number of carbonyl (C=O) groups is 1. The second-order valence-electron chi connectivity index (χ2n) is 2.26. The maximum atomic E-state index is 10.8. The van der Waals surface area contributed by atoms with Gasteiger partial charge in [0, 0.05) is 11.5 Å². The highest BCUT2D eigenvalue weighted by molar-refractivity contribution is 9.10. The van der Waals surface area contributed by atoms with Gasteiger partial charge in [0.15, 0.2) is 0 Å². The number of para-hydroxylation sites is 1. The third kappa shape index (κ3) is 1.99. The van der Waals surface area contributed by atoms with Gasteiger partial charge >= 0.3 is 5.37 Å². The minimum absolute atomic E-state index is 0.498. The first-order valence-corrected chi connectivity index (χ1v) is 4.47. The maximum absolute atomic E-state index is 10.8. The molecule has 0 spiro atoms. The lowest BCUT2D eigenvalue weighted by Gasteiger charge is -2.14. The van der Waals surface area contributed by atoms with Crippen LogP contribution >= 0.6 is 27.5 Å². The second kappa shape index (κ2) is 3.92. The molecule has 1 aromatic carbocycles. The van der Waals surface area contributed by atoms with Crippen LogP contribution < -0.4 is 4.90 Å². The molecule has 0 aliphatic heterocycles. The Kier molecular flexibility index (Phi) is 3.12. The molecule has 1 rings (SSSR count). The van der Waals surface area contributed by atoms with E-state index >= 15 is 0 Å². The lowest BCUT2D eigenvalue weighted by atomic mass is 10.3. The fourth-order valence-electron chi connectivity index (χ4n) is 0.818. The van der Waals surface area contributed by atoms with Gasteiger partial charge in [0.05, 0.1) is 5.69 Å². The molecule has 0 bridgehead atoms. The molecule has 2 nitrogen and oxygen atoms in total. The second-order valence-corrected chi connectivity index (χ2v) is 3.44. The normalized spacial score (nSPS) is 9.58.